The van der Waals surface area contributed by atoms with Crippen LogP contribution in [0.5, 0.6) is 0 Å². The molecule has 4 nitrogen and oxygen atoms in total. The van der Waals surface area contributed by atoms with Crippen molar-refractivity contribution < 1.29 is 9.90 Å². The lowest BCUT2D eigenvalue weighted by molar-refractivity contribution is -0.137. The Balaban J connectivity index is 2.00. The van der Waals surface area contributed by atoms with E-state index in [1.54, 1.807) is 11.3 Å². The zero-order valence-electron chi connectivity index (χ0n) is 13.8. The maximum atomic E-state index is 11.0. The van der Waals surface area contributed by atoms with Crippen LogP contribution in [-0.2, 0) is 11.2 Å². The van der Waals surface area contributed by atoms with Crippen LogP contribution in [0.25, 0.3) is 11.3 Å². The van der Waals surface area contributed by atoms with Gasteiger partial charge in [0.05, 0.1) is 17.1 Å². The molecule has 3 rings (SSSR count). The van der Waals surface area contributed by atoms with Crippen LogP contribution in [0.4, 0.5) is 5.69 Å². The Morgan fingerprint density at radius 3 is 3.00 bits per heavy atom. The molecule has 0 aliphatic carbocycles. The molecular formula is C18H22N2O2S. The average molecular weight is 330 g/mol. The van der Waals surface area contributed by atoms with Gasteiger partial charge in [-0.2, -0.15) is 0 Å². The molecule has 0 fully saturated rings. The van der Waals surface area contributed by atoms with Gasteiger partial charge < -0.3 is 10.0 Å². The smallest absolute Gasteiger partial charge is 0.303 e. The summed E-state index contributed by atoms with van der Waals surface area (Å²) in [5.74, 6) is -0.783. The summed E-state index contributed by atoms with van der Waals surface area (Å²) in [4.78, 5) is 19.1. The number of carboxylic acids is 1. The molecule has 23 heavy (non-hydrogen) atoms. The molecule has 2 aromatic rings. The number of anilines is 1. The summed E-state index contributed by atoms with van der Waals surface area (Å²) in [6.45, 7) is 5.05. The number of nitrogens with zero attached hydrogens (tertiary/aromatic N) is 2. The molecule has 1 aromatic carbocycles. The summed E-state index contributed by atoms with van der Waals surface area (Å²) >= 11 is 1.61. The standard InChI is InChI=1S/C18H22N2O2S/c1-11(9-16(21)22)18-17(19-12(2)23-18)14-6-7-15-13(10-14)5-4-8-20(15)3/h6-7,10-11H,4-5,8-9H2,1-3H3,(H,21,22). The van der Waals surface area contributed by atoms with E-state index in [4.69, 9.17) is 5.11 Å². The monoisotopic (exact) mass is 330 g/mol. The van der Waals surface area contributed by atoms with Crippen LogP contribution in [0.15, 0.2) is 18.2 Å². The molecule has 0 bridgehead atoms. The van der Waals surface area contributed by atoms with Gasteiger partial charge in [0.25, 0.3) is 0 Å². The van der Waals surface area contributed by atoms with Gasteiger partial charge in [-0.1, -0.05) is 13.0 Å². The topological polar surface area (TPSA) is 53.4 Å². The molecule has 0 radical (unpaired) electrons. The first kappa shape index (κ1) is 16.0. The van der Waals surface area contributed by atoms with Crippen molar-refractivity contribution in [2.24, 2.45) is 0 Å². The highest BCUT2D eigenvalue weighted by atomic mass is 32.1. The van der Waals surface area contributed by atoms with Gasteiger partial charge in [0.2, 0.25) is 0 Å². The number of thiazole rings is 1. The minimum atomic E-state index is -0.762. The van der Waals surface area contributed by atoms with Crippen LogP contribution in [-0.4, -0.2) is 29.7 Å². The number of hydrogen-bond acceptors (Lipinski definition) is 4. The quantitative estimate of drug-likeness (QED) is 0.918. The minimum Gasteiger partial charge on any atom is -0.481 e. The molecule has 0 saturated carbocycles. The largest absolute Gasteiger partial charge is 0.481 e. The number of aryl methyl sites for hydroxylation is 2. The molecule has 0 spiro atoms. The first-order chi connectivity index (χ1) is 11.0. The van der Waals surface area contributed by atoms with E-state index in [1.807, 2.05) is 13.8 Å². The lowest BCUT2D eigenvalue weighted by Gasteiger charge is -2.27. The van der Waals surface area contributed by atoms with Crippen molar-refractivity contribution >= 4 is 23.0 Å². The van der Waals surface area contributed by atoms with Crippen molar-refractivity contribution in [3.05, 3.63) is 33.6 Å². The first-order valence-corrected chi connectivity index (χ1v) is 8.81. The third kappa shape index (κ3) is 3.24. The number of fused-ring (bicyclic) bond motifs is 1. The van der Waals surface area contributed by atoms with E-state index >= 15 is 0 Å². The molecule has 1 unspecified atom stereocenters. The first-order valence-electron chi connectivity index (χ1n) is 7.99. The molecular weight excluding hydrogens is 308 g/mol. The van der Waals surface area contributed by atoms with Crippen LogP contribution in [0.3, 0.4) is 0 Å². The molecule has 1 aliphatic heterocycles. The number of aliphatic carboxylic acids is 1. The van der Waals surface area contributed by atoms with Crippen molar-refractivity contribution in [3.63, 3.8) is 0 Å². The van der Waals surface area contributed by atoms with Gasteiger partial charge in [0.1, 0.15) is 0 Å². The predicted molar refractivity (Wildman–Crippen MR) is 94.5 cm³/mol. The zero-order valence-corrected chi connectivity index (χ0v) is 14.6. The maximum Gasteiger partial charge on any atom is 0.303 e. The van der Waals surface area contributed by atoms with E-state index in [1.165, 1.54) is 17.7 Å². The Hall–Kier alpha value is -1.88. The van der Waals surface area contributed by atoms with E-state index in [-0.39, 0.29) is 12.3 Å². The van der Waals surface area contributed by atoms with Gasteiger partial charge in [0.15, 0.2) is 0 Å². The molecule has 0 amide bonds. The summed E-state index contributed by atoms with van der Waals surface area (Å²) in [5, 5.41) is 10.1. The Bertz CT molecular complexity index is 739. The molecule has 1 N–H and O–H groups in total. The van der Waals surface area contributed by atoms with Gasteiger partial charge in [0, 0.05) is 35.6 Å². The Morgan fingerprint density at radius 1 is 1.48 bits per heavy atom. The average Bonchev–Trinajstić information content (AvgIpc) is 2.88. The van der Waals surface area contributed by atoms with E-state index in [9.17, 15) is 4.79 Å². The van der Waals surface area contributed by atoms with Gasteiger partial charge in [-0.15, -0.1) is 11.3 Å². The molecule has 5 heteroatoms. The lowest BCUT2D eigenvalue weighted by Crippen LogP contribution is -2.24. The Kier molecular flexibility index (Phi) is 4.39. The maximum absolute atomic E-state index is 11.0. The molecule has 122 valence electrons. The molecule has 1 atom stereocenters. The summed E-state index contributed by atoms with van der Waals surface area (Å²) in [7, 11) is 2.13. The second-order valence-corrected chi connectivity index (χ2v) is 7.55. The van der Waals surface area contributed by atoms with Crippen LogP contribution in [0, 0.1) is 6.92 Å². The van der Waals surface area contributed by atoms with Crippen molar-refractivity contribution in [2.45, 2.75) is 39.0 Å². The fraction of sp³-hybridized carbons (Fsp3) is 0.444. The number of aromatic nitrogens is 1. The Morgan fingerprint density at radius 2 is 2.26 bits per heavy atom. The van der Waals surface area contributed by atoms with Gasteiger partial charge >= 0.3 is 5.97 Å². The van der Waals surface area contributed by atoms with Crippen LogP contribution < -0.4 is 4.90 Å². The molecule has 1 aliphatic rings. The van der Waals surface area contributed by atoms with Crippen LogP contribution in [0.1, 0.15) is 41.1 Å². The lowest BCUT2D eigenvalue weighted by atomic mass is 9.96. The number of carbonyl (C=O) groups is 1. The van der Waals surface area contributed by atoms with Crippen LogP contribution >= 0.6 is 11.3 Å². The van der Waals surface area contributed by atoms with E-state index < -0.39 is 5.97 Å². The molecule has 2 heterocycles. The van der Waals surface area contributed by atoms with Crippen LogP contribution in [0.2, 0.25) is 0 Å². The van der Waals surface area contributed by atoms with E-state index in [2.05, 4.69) is 35.1 Å². The fourth-order valence-corrected chi connectivity index (χ4v) is 4.27. The number of hydrogen-bond donors (Lipinski definition) is 1. The second kappa shape index (κ2) is 6.32. The summed E-state index contributed by atoms with van der Waals surface area (Å²) in [5.41, 5.74) is 4.72. The van der Waals surface area contributed by atoms with Crippen molar-refractivity contribution in [2.75, 3.05) is 18.5 Å². The normalized spacial score (nSPS) is 15.3. The van der Waals surface area contributed by atoms with Crippen molar-refractivity contribution in [1.29, 1.82) is 0 Å². The summed E-state index contributed by atoms with van der Waals surface area (Å²) < 4.78 is 0. The summed E-state index contributed by atoms with van der Waals surface area (Å²) in [6, 6.07) is 6.52. The van der Waals surface area contributed by atoms with Crippen molar-refractivity contribution in [3.8, 4) is 11.3 Å². The van der Waals surface area contributed by atoms with Gasteiger partial charge in [-0.05, 0) is 37.5 Å². The molecule has 1 aromatic heterocycles. The summed E-state index contributed by atoms with van der Waals surface area (Å²) in [6.07, 6.45) is 2.41. The highest BCUT2D eigenvalue weighted by Gasteiger charge is 2.21. The molecule has 0 saturated heterocycles. The third-order valence-electron chi connectivity index (χ3n) is 4.39. The van der Waals surface area contributed by atoms with Gasteiger partial charge in [-0.3, -0.25) is 4.79 Å². The zero-order chi connectivity index (χ0) is 16.6. The highest BCUT2D eigenvalue weighted by molar-refractivity contribution is 7.12. The Labute approximate surface area is 140 Å². The van der Waals surface area contributed by atoms with E-state index in [0.29, 0.717) is 0 Å². The number of carboxylic acid groups (broad SMARTS) is 1. The third-order valence-corrected chi connectivity index (χ3v) is 5.59. The SMILES string of the molecule is Cc1nc(-c2ccc3c(c2)CCCN3C)c(C(C)CC(=O)O)s1. The predicted octanol–water partition coefficient (Wildman–Crippen LogP) is 4.08. The van der Waals surface area contributed by atoms with Crippen molar-refractivity contribution in [1.82, 2.24) is 4.98 Å². The number of rotatable bonds is 4. The minimum absolute atomic E-state index is 0.0209. The second-order valence-electron chi connectivity index (χ2n) is 6.31. The highest BCUT2D eigenvalue weighted by Crippen LogP contribution is 2.37. The van der Waals surface area contributed by atoms with E-state index in [0.717, 1.165) is 34.1 Å². The fourth-order valence-electron chi connectivity index (χ4n) is 3.27. The van der Waals surface area contributed by atoms with Gasteiger partial charge in [-0.25, -0.2) is 4.98 Å². The number of benzene rings is 1.